The van der Waals surface area contributed by atoms with Crippen LogP contribution in [0.4, 0.5) is 0 Å². The van der Waals surface area contributed by atoms with Crippen molar-refractivity contribution in [2.24, 2.45) is 0 Å². The van der Waals surface area contributed by atoms with Crippen LogP contribution in [0.5, 0.6) is 0 Å². The number of ketones is 1. The number of pyridine rings is 1. The number of carbonyl (C=O) groups excluding carboxylic acids is 1. The van der Waals surface area contributed by atoms with Gasteiger partial charge in [0.15, 0.2) is 5.78 Å². The molecule has 35 heavy (non-hydrogen) atoms. The fraction of sp³-hybridized carbons (Fsp3) is 0.333. The minimum absolute atomic E-state index is 0. The van der Waals surface area contributed by atoms with Crippen molar-refractivity contribution in [2.45, 2.75) is 65.7 Å². The number of hydrogen-bond acceptors (Lipinski definition) is 4. The predicted molar refractivity (Wildman–Crippen MR) is 138 cm³/mol. The maximum absolute atomic E-state index is 10.0. The summed E-state index contributed by atoms with van der Waals surface area (Å²) in [5.74, 6) is -0.0625. The maximum atomic E-state index is 10.0. The van der Waals surface area contributed by atoms with Crippen molar-refractivity contribution >= 4 is 27.7 Å². The van der Waals surface area contributed by atoms with E-state index in [1.54, 1.807) is 0 Å². The normalized spacial score (nSPS) is 13.6. The topological polar surface area (TPSA) is 63.3 Å². The van der Waals surface area contributed by atoms with E-state index >= 15 is 0 Å². The Labute approximate surface area is 220 Å². The average molecular weight is 647 g/mol. The summed E-state index contributed by atoms with van der Waals surface area (Å²) in [6.07, 6.45) is 7.96. The van der Waals surface area contributed by atoms with Gasteiger partial charge in [-0.1, -0.05) is 20.8 Å². The van der Waals surface area contributed by atoms with Gasteiger partial charge in [-0.2, -0.15) is 0 Å². The number of rotatable bonds is 2. The van der Waals surface area contributed by atoms with Crippen molar-refractivity contribution in [3.05, 3.63) is 77.2 Å². The standard InChI is InChI=1S/C25H24NO.C5H8O2.Ir/c1-25(2,3)19-10-8-16(9-11-19)23-24-20(12-13-26-23)21-14-17-6-4-5-7-18(17)15-22(21)27-24;1-4(6)3-5(2)7;/h8,10-15H,4-7H2,1-3H3;3,6H,1-2H3;/q-1;;/b;4-3-;. The van der Waals surface area contributed by atoms with E-state index in [0.29, 0.717) is 0 Å². The summed E-state index contributed by atoms with van der Waals surface area (Å²) in [5, 5.41) is 10.7. The number of fused-ring (bicyclic) bond motifs is 4. The zero-order chi connectivity index (χ0) is 24.5. The van der Waals surface area contributed by atoms with E-state index in [0.717, 1.165) is 34.2 Å². The van der Waals surface area contributed by atoms with Crippen molar-refractivity contribution in [3.63, 3.8) is 0 Å². The Morgan fingerprint density at radius 1 is 1.06 bits per heavy atom. The van der Waals surface area contributed by atoms with Crippen LogP contribution in [0, 0.1) is 6.07 Å². The van der Waals surface area contributed by atoms with Gasteiger partial charge < -0.3 is 14.5 Å². The summed E-state index contributed by atoms with van der Waals surface area (Å²) in [6, 6.07) is 16.5. The number of allylic oxidation sites excluding steroid dienone is 2. The average Bonchev–Trinajstić information content (AvgIpc) is 3.14. The van der Waals surface area contributed by atoms with Crippen LogP contribution in [0.1, 0.15) is 64.2 Å². The molecule has 4 nitrogen and oxygen atoms in total. The SMILES string of the molecule is CC(=O)/C=C(/C)O.CC(C)(C)c1c[c-]c(-c2nccc3c2oc2cc4c(cc23)CCCC4)cc1.[Ir]. The van der Waals surface area contributed by atoms with Gasteiger partial charge in [-0.15, -0.1) is 35.4 Å². The summed E-state index contributed by atoms with van der Waals surface area (Å²) in [7, 11) is 0. The largest absolute Gasteiger partial charge is 0.512 e. The van der Waals surface area contributed by atoms with E-state index in [-0.39, 0.29) is 37.1 Å². The van der Waals surface area contributed by atoms with Gasteiger partial charge >= 0.3 is 0 Å². The van der Waals surface area contributed by atoms with E-state index in [1.807, 2.05) is 6.20 Å². The van der Waals surface area contributed by atoms with Gasteiger partial charge in [0, 0.05) is 48.8 Å². The molecule has 0 spiro atoms. The molecule has 185 valence electrons. The zero-order valence-corrected chi connectivity index (χ0v) is 23.4. The Morgan fingerprint density at radius 2 is 1.74 bits per heavy atom. The molecule has 2 aromatic heterocycles. The van der Waals surface area contributed by atoms with Crippen molar-refractivity contribution in [1.29, 1.82) is 0 Å². The molecule has 0 amide bonds. The van der Waals surface area contributed by atoms with Crippen LogP contribution in [-0.4, -0.2) is 15.9 Å². The third-order valence-electron chi connectivity index (χ3n) is 6.20. The number of hydrogen-bond donors (Lipinski definition) is 1. The van der Waals surface area contributed by atoms with E-state index < -0.39 is 0 Å². The van der Waals surface area contributed by atoms with Gasteiger partial charge in [-0.3, -0.25) is 4.79 Å². The summed E-state index contributed by atoms with van der Waals surface area (Å²) >= 11 is 0. The number of aryl methyl sites for hydroxylation is 2. The monoisotopic (exact) mass is 647 g/mol. The molecule has 1 aliphatic rings. The van der Waals surface area contributed by atoms with Crippen LogP contribution in [0.25, 0.3) is 33.2 Å². The Balaban J connectivity index is 0.000000378. The minimum Gasteiger partial charge on any atom is -0.512 e. The fourth-order valence-corrected chi connectivity index (χ4v) is 4.46. The van der Waals surface area contributed by atoms with Gasteiger partial charge in [-0.25, -0.2) is 0 Å². The number of nitrogens with zero attached hydrogens (tertiary/aromatic N) is 1. The molecule has 0 unspecified atom stereocenters. The molecule has 2 heterocycles. The van der Waals surface area contributed by atoms with Crippen LogP contribution in [-0.2, 0) is 43.2 Å². The van der Waals surface area contributed by atoms with Crippen molar-refractivity contribution in [1.82, 2.24) is 4.98 Å². The molecule has 1 N–H and O–H groups in total. The molecule has 2 aromatic carbocycles. The van der Waals surface area contributed by atoms with Crippen LogP contribution in [0.15, 0.2) is 58.8 Å². The third-order valence-corrected chi connectivity index (χ3v) is 6.20. The fourth-order valence-electron chi connectivity index (χ4n) is 4.46. The molecule has 5 heteroatoms. The molecular formula is C30H32IrNO3-. The zero-order valence-electron chi connectivity index (χ0n) is 21.0. The van der Waals surface area contributed by atoms with Gasteiger partial charge in [0.1, 0.15) is 11.2 Å². The quantitative estimate of drug-likeness (QED) is 0.138. The summed E-state index contributed by atoms with van der Waals surface area (Å²) in [5.41, 5.74) is 8.03. The molecule has 5 rings (SSSR count). The van der Waals surface area contributed by atoms with E-state index in [9.17, 15) is 4.79 Å². The van der Waals surface area contributed by atoms with Gasteiger partial charge in [0.05, 0.1) is 5.76 Å². The first kappa shape index (κ1) is 26.8. The second-order valence-corrected chi connectivity index (χ2v) is 10.1. The Morgan fingerprint density at radius 3 is 2.29 bits per heavy atom. The van der Waals surface area contributed by atoms with Gasteiger partial charge in [-0.05, 0) is 74.3 Å². The molecule has 0 aliphatic heterocycles. The molecule has 1 aliphatic carbocycles. The number of benzene rings is 2. The first-order chi connectivity index (χ1) is 16.1. The molecule has 0 bridgehead atoms. The van der Waals surface area contributed by atoms with Crippen LogP contribution in [0.3, 0.4) is 0 Å². The minimum atomic E-state index is -0.125. The second kappa shape index (κ2) is 10.9. The van der Waals surface area contributed by atoms with Crippen LogP contribution >= 0.6 is 0 Å². The molecule has 4 aromatic rings. The predicted octanol–water partition coefficient (Wildman–Crippen LogP) is 7.66. The van der Waals surface area contributed by atoms with E-state index in [2.05, 4.69) is 68.2 Å². The molecule has 0 atom stereocenters. The molecule has 0 fully saturated rings. The molecule has 0 saturated carbocycles. The number of aliphatic hydroxyl groups is 1. The number of furan rings is 1. The number of carbonyl (C=O) groups is 1. The van der Waals surface area contributed by atoms with Gasteiger partial charge in [0.25, 0.3) is 0 Å². The molecule has 0 saturated heterocycles. The first-order valence-electron chi connectivity index (χ1n) is 11.9. The van der Waals surface area contributed by atoms with Crippen molar-refractivity contribution in [2.75, 3.05) is 0 Å². The smallest absolute Gasteiger partial charge is 0.155 e. The van der Waals surface area contributed by atoms with Crippen molar-refractivity contribution < 1.29 is 34.4 Å². The molecular weight excluding hydrogens is 615 g/mol. The maximum Gasteiger partial charge on any atom is 0.155 e. The van der Waals surface area contributed by atoms with E-state index in [1.165, 1.54) is 61.3 Å². The van der Waals surface area contributed by atoms with Crippen LogP contribution < -0.4 is 0 Å². The Hall–Kier alpha value is -2.75. The van der Waals surface area contributed by atoms with Gasteiger partial charge in [0.2, 0.25) is 0 Å². The number of aliphatic hydroxyl groups excluding tert-OH is 1. The summed E-state index contributed by atoms with van der Waals surface area (Å²) in [4.78, 5) is 14.7. The second-order valence-electron chi connectivity index (χ2n) is 10.1. The first-order valence-corrected chi connectivity index (χ1v) is 11.9. The summed E-state index contributed by atoms with van der Waals surface area (Å²) < 4.78 is 6.32. The Bertz CT molecular complexity index is 1370. The van der Waals surface area contributed by atoms with Crippen molar-refractivity contribution in [3.8, 4) is 11.3 Å². The summed E-state index contributed by atoms with van der Waals surface area (Å²) in [6.45, 7) is 9.50. The van der Waals surface area contributed by atoms with E-state index in [4.69, 9.17) is 9.52 Å². The third kappa shape index (κ3) is 6.09. The number of aromatic nitrogens is 1. The Kier molecular flexibility index (Phi) is 8.35. The van der Waals surface area contributed by atoms with Crippen LogP contribution in [0.2, 0.25) is 0 Å². The molecule has 1 radical (unpaired) electrons.